The van der Waals surface area contributed by atoms with Gasteiger partial charge in [0, 0.05) is 5.56 Å². The quantitative estimate of drug-likeness (QED) is 0.0279. The molecule has 0 saturated heterocycles. The van der Waals surface area contributed by atoms with E-state index in [-0.39, 0.29) is 62.4 Å². The van der Waals surface area contributed by atoms with Gasteiger partial charge in [-0.2, -0.15) is 0 Å². The molecule has 2 unspecified atom stereocenters. The molecule has 14 nitrogen and oxygen atoms in total. The normalized spacial score (nSPS) is 12.4. The molecule has 1 aromatic heterocycles. The summed E-state index contributed by atoms with van der Waals surface area (Å²) in [4.78, 5) is 57.5. The number of furan rings is 1. The van der Waals surface area contributed by atoms with Crippen molar-refractivity contribution < 1.29 is 46.8 Å². The molecule has 290 valence electrons. The van der Waals surface area contributed by atoms with Crippen molar-refractivity contribution in [2.75, 3.05) is 32.8 Å². The van der Waals surface area contributed by atoms with E-state index in [2.05, 4.69) is 22.9 Å². The molecule has 3 N–H and O–H groups in total. The summed E-state index contributed by atoms with van der Waals surface area (Å²) in [6.45, 7) is 9.72. The van der Waals surface area contributed by atoms with Crippen LogP contribution in [0.3, 0.4) is 0 Å². The van der Waals surface area contributed by atoms with E-state index < -0.39 is 31.4 Å². The maximum absolute atomic E-state index is 13.5. The summed E-state index contributed by atoms with van der Waals surface area (Å²) in [5, 5.41) is 9.28. The van der Waals surface area contributed by atoms with Gasteiger partial charge in [0.15, 0.2) is 5.76 Å². The Bertz CT molecular complexity index is 1640. The summed E-state index contributed by atoms with van der Waals surface area (Å²) < 4.78 is 34.9. The lowest BCUT2D eigenvalue weighted by atomic mass is 9.90. The van der Waals surface area contributed by atoms with Gasteiger partial charge in [0.1, 0.15) is 24.4 Å². The largest absolute Gasteiger partial charge is 0.493 e. The zero-order valence-corrected chi connectivity index (χ0v) is 32.2. The van der Waals surface area contributed by atoms with Crippen LogP contribution in [0.1, 0.15) is 93.2 Å². The van der Waals surface area contributed by atoms with Gasteiger partial charge in [-0.3, -0.25) is 28.6 Å². The standard InChI is InChI=1S/C38H53N4O10P/c1-6-11-13-18-30(32(7-2)42(27-43)49-24-28-16-14-12-15-17-28)36(44)39-25-40-38(46)34-22-21-33(52-34)29-19-20-31(35(23-29)48-8-3)37(45)41-26-53(47,50-9-4)51-10-5/h12,14-17,19-23,27,30,32H,6-11,13,18,24-26H2,1-5H3,(H,39,44)(H,40,46)(H,41,45). The van der Waals surface area contributed by atoms with Gasteiger partial charge in [0.05, 0.1) is 44.0 Å². The van der Waals surface area contributed by atoms with E-state index in [4.69, 9.17) is 23.0 Å². The van der Waals surface area contributed by atoms with Gasteiger partial charge in [-0.25, -0.2) is 5.06 Å². The SMILES string of the molecule is CCCCCC(C(=O)NCNC(=O)c1ccc(-c2ccc(C(=O)NCP(=O)(OCC)OCC)c(OCC)c2)o1)C(CC)N(C=O)OCc1ccccc1. The molecule has 15 heteroatoms. The van der Waals surface area contributed by atoms with Crippen LogP contribution < -0.4 is 20.7 Å². The first kappa shape index (κ1) is 42.9. The van der Waals surface area contributed by atoms with Crippen molar-refractivity contribution in [2.45, 2.75) is 79.4 Å². The number of carbonyl (C=O) groups is 4. The van der Waals surface area contributed by atoms with E-state index in [0.29, 0.717) is 30.6 Å². The number of carbonyl (C=O) groups excluding carboxylic acids is 4. The monoisotopic (exact) mass is 756 g/mol. The zero-order valence-electron chi connectivity index (χ0n) is 31.3. The van der Waals surface area contributed by atoms with Crippen molar-refractivity contribution in [3.05, 3.63) is 77.6 Å². The number of hydroxylamine groups is 2. The Morgan fingerprint density at radius 3 is 2.25 bits per heavy atom. The molecule has 0 spiro atoms. The van der Waals surface area contributed by atoms with Crippen LogP contribution in [0.5, 0.6) is 5.75 Å². The smallest absolute Gasteiger partial charge is 0.349 e. The third kappa shape index (κ3) is 13.1. The molecule has 0 aliphatic heterocycles. The van der Waals surface area contributed by atoms with Crippen LogP contribution in [0.25, 0.3) is 11.3 Å². The first-order chi connectivity index (χ1) is 25.6. The third-order valence-electron chi connectivity index (χ3n) is 8.23. The Kier molecular flexibility index (Phi) is 18.3. The Morgan fingerprint density at radius 2 is 1.60 bits per heavy atom. The summed E-state index contributed by atoms with van der Waals surface area (Å²) in [7, 11) is -3.51. The minimum atomic E-state index is -3.51. The summed E-state index contributed by atoms with van der Waals surface area (Å²) in [6, 6.07) is 16.8. The predicted molar refractivity (Wildman–Crippen MR) is 200 cm³/mol. The maximum atomic E-state index is 13.5. The zero-order chi connectivity index (χ0) is 38.6. The molecule has 3 rings (SSSR count). The van der Waals surface area contributed by atoms with Gasteiger partial charge < -0.3 is 34.2 Å². The lowest BCUT2D eigenvalue weighted by Crippen LogP contribution is -2.48. The van der Waals surface area contributed by atoms with Gasteiger partial charge in [0.2, 0.25) is 12.3 Å². The first-order valence-corrected chi connectivity index (χ1v) is 19.9. The van der Waals surface area contributed by atoms with Crippen LogP contribution in [-0.2, 0) is 34.6 Å². The Hall–Kier alpha value is -4.49. The second-order valence-electron chi connectivity index (χ2n) is 11.9. The van der Waals surface area contributed by atoms with Crippen molar-refractivity contribution in [2.24, 2.45) is 5.92 Å². The van der Waals surface area contributed by atoms with Crippen molar-refractivity contribution >= 4 is 31.7 Å². The van der Waals surface area contributed by atoms with Crippen molar-refractivity contribution in [1.29, 1.82) is 0 Å². The molecule has 0 fully saturated rings. The van der Waals surface area contributed by atoms with Crippen LogP contribution in [0.2, 0.25) is 0 Å². The van der Waals surface area contributed by atoms with Gasteiger partial charge in [-0.15, -0.1) is 0 Å². The summed E-state index contributed by atoms with van der Waals surface area (Å²) >= 11 is 0. The van der Waals surface area contributed by atoms with Crippen LogP contribution in [0.15, 0.2) is 65.1 Å². The number of hydrogen-bond acceptors (Lipinski definition) is 10. The molecule has 0 saturated carbocycles. The van der Waals surface area contributed by atoms with E-state index in [0.717, 1.165) is 24.8 Å². The van der Waals surface area contributed by atoms with E-state index >= 15 is 0 Å². The second kappa shape index (κ2) is 22.5. The minimum Gasteiger partial charge on any atom is -0.493 e. The second-order valence-corrected chi connectivity index (χ2v) is 14.0. The highest BCUT2D eigenvalue weighted by atomic mass is 31.2. The molecule has 3 aromatic rings. The van der Waals surface area contributed by atoms with Crippen molar-refractivity contribution in [1.82, 2.24) is 21.0 Å². The third-order valence-corrected chi connectivity index (χ3v) is 10.1. The van der Waals surface area contributed by atoms with Gasteiger partial charge >= 0.3 is 7.60 Å². The molecule has 2 atom stereocenters. The number of amides is 4. The Balaban J connectivity index is 1.65. The van der Waals surface area contributed by atoms with Crippen molar-refractivity contribution in [3.8, 4) is 17.1 Å². The first-order valence-electron chi connectivity index (χ1n) is 18.1. The van der Waals surface area contributed by atoms with Crippen LogP contribution >= 0.6 is 7.60 Å². The lowest BCUT2D eigenvalue weighted by Gasteiger charge is -2.32. The molecule has 1 heterocycles. The fraction of sp³-hybridized carbons (Fsp3) is 0.474. The highest BCUT2D eigenvalue weighted by molar-refractivity contribution is 7.53. The molecule has 53 heavy (non-hydrogen) atoms. The molecule has 2 aromatic carbocycles. The lowest BCUT2D eigenvalue weighted by molar-refractivity contribution is -0.200. The average Bonchev–Trinajstić information content (AvgIpc) is 3.66. The number of nitrogens with one attached hydrogen (secondary N) is 3. The molecule has 0 bridgehead atoms. The fourth-order valence-electron chi connectivity index (χ4n) is 5.65. The van der Waals surface area contributed by atoms with Gasteiger partial charge in [-0.05, 0) is 63.4 Å². The highest BCUT2D eigenvalue weighted by Crippen LogP contribution is 2.46. The Labute approximate surface area is 311 Å². The van der Waals surface area contributed by atoms with Gasteiger partial charge in [-0.1, -0.05) is 69.5 Å². The Morgan fingerprint density at radius 1 is 0.868 bits per heavy atom. The maximum Gasteiger partial charge on any atom is 0.349 e. The average molecular weight is 757 g/mol. The number of unbranched alkanes of at least 4 members (excludes halogenated alkanes) is 2. The number of ether oxygens (including phenoxy) is 1. The minimum absolute atomic E-state index is 0.00371. The molecule has 0 aliphatic rings. The topological polar surface area (TPSA) is 175 Å². The summed E-state index contributed by atoms with van der Waals surface area (Å²) in [5.41, 5.74) is 1.64. The molecular weight excluding hydrogens is 703 g/mol. The number of benzene rings is 2. The number of nitrogens with zero attached hydrogens (tertiary/aromatic N) is 1. The molecular formula is C38H53N4O10P. The summed E-state index contributed by atoms with van der Waals surface area (Å²) in [5.74, 6) is -1.36. The molecule has 0 aliphatic carbocycles. The van der Waals surface area contributed by atoms with Crippen LogP contribution in [0, 0.1) is 5.92 Å². The van der Waals surface area contributed by atoms with Gasteiger partial charge in [0.25, 0.3) is 11.8 Å². The molecule has 0 radical (unpaired) electrons. The van der Waals surface area contributed by atoms with E-state index in [1.165, 1.54) is 11.1 Å². The van der Waals surface area contributed by atoms with Crippen LogP contribution in [-0.4, -0.2) is 68.0 Å². The van der Waals surface area contributed by atoms with Crippen LogP contribution in [0.4, 0.5) is 0 Å². The predicted octanol–water partition coefficient (Wildman–Crippen LogP) is 6.67. The fourth-order valence-corrected chi connectivity index (χ4v) is 7.03. The van der Waals surface area contributed by atoms with Crippen molar-refractivity contribution in [3.63, 3.8) is 0 Å². The summed E-state index contributed by atoms with van der Waals surface area (Å²) in [6.07, 6.45) is 4.01. The highest BCUT2D eigenvalue weighted by Gasteiger charge is 2.32. The number of rotatable bonds is 25. The van der Waals surface area contributed by atoms with E-state index in [1.54, 1.807) is 45.0 Å². The molecule has 4 amide bonds. The van der Waals surface area contributed by atoms with E-state index in [1.807, 2.05) is 37.3 Å². The van der Waals surface area contributed by atoms with E-state index in [9.17, 15) is 23.7 Å². The number of hydrogen-bond donors (Lipinski definition) is 3.